The van der Waals surface area contributed by atoms with E-state index < -0.39 is 14.6 Å². The van der Waals surface area contributed by atoms with Crippen molar-refractivity contribution in [2.75, 3.05) is 32.6 Å². The molecule has 0 unspecified atom stereocenters. The average Bonchev–Trinajstić information content (AvgIpc) is 2.24. The van der Waals surface area contributed by atoms with E-state index in [1.807, 2.05) is 6.92 Å². The molecule has 0 amide bonds. The number of nitrogens with one attached hydrogen (secondary N) is 2. The van der Waals surface area contributed by atoms with Crippen LogP contribution in [0.3, 0.4) is 0 Å². The molecule has 0 rings (SSSR count). The van der Waals surface area contributed by atoms with Crippen molar-refractivity contribution in [2.45, 2.75) is 31.9 Å². The molecule has 0 fully saturated rings. The molecule has 18 heavy (non-hydrogen) atoms. The summed E-state index contributed by atoms with van der Waals surface area (Å²) in [5, 5.41) is 6.41. The molecule has 0 spiro atoms. The monoisotopic (exact) mass is 296 g/mol. The largest absolute Gasteiger partial charge is 0.382 e. The maximum Gasteiger partial charge on any atom is 0.166 e. The first kappa shape index (κ1) is 17.6. The highest BCUT2D eigenvalue weighted by Crippen LogP contribution is 2.13. The summed E-state index contributed by atoms with van der Waals surface area (Å²) in [5.41, 5.74) is 0. The molecule has 108 valence electrons. The number of ether oxygens (including phenoxy) is 1. The van der Waals surface area contributed by atoms with Crippen LogP contribution in [0.4, 0.5) is 0 Å². The molecule has 0 aromatic heterocycles. The molecule has 0 bridgehead atoms. The molecular weight excluding hydrogens is 272 g/mol. The first-order valence-corrected chi connectivity index (χ1v) is 8.29. The van der Waals surface area contributed by atoms with Gasteiger partial charge in [0.1, 0.15) is 0 Å². The summed E-state index contributed by atoms with van der Waals surface area (Å²) in [6.07, 6.45) is 2.10. The normalized spacial score (nSPS) is 12.2. The van der Waals surface area contributed by atoms with E-state index >= 15 is 0 Å². The number of sulfone groups is 1. The molecule has 0 aromatic rings. The molecule has 0 aromatic carbocycles. The van der Waals surface area contributed by atoms with Crippen LogP contribution < -0.4 is 10.6 Å². The Morgan fingerprint density at radius 1 is 1.33 bits per heavy atom. The van der Waals surface area contributed by atoms with Crippen molar-refractivity contribution in [3.63, 3.8) is 0 Å². The highest BCUT2D eigenvalue weighted by Gasteiger charge is 2.29. The fourth-order valence-corrected chi connectivity index (χ4v) is 1.52. The van der Waals surface area contributed by atoms with E-state index in [1.165, 1.54) is 6.26 Å². The maximum absolute atomic E-state index is 11.5. The lowest BCUT2D eigenvalue weighted by Gasteiger charge is -2.23. The predicted octanol–water partition coefficient (Wildman–Crippen LogP) is 0.700. The predicted molar refractivity (Wildman–Crippen MR) is 78.6 cm³/mol. The third-order valence-corrected chi connectivity index (χ3v) is 5.07. The lowest BCUT2D eigenvalue weighted by Crippen LogP contribution is -2.47. The standard InChI is InChI=1S/C11H24N2O3S2/c1-5-16-8-6-7-12-10(17)13-9-11(2,3)18(4,14)15/h5-9H2,1-4H3,(H2,12,13,17). The zero-order chi connectivity index (χ0) is 14.2. The van der Waals surface area contributed by atoms with E-state index in [2.05, 4.69) is 10.6 Å². The van der Waals surface area contributed by atoms with E-state index in [0.29, 0.717) is 31.4 Å². The van der Waals surface area contributed by atoms with E-state index in [1.54, 1.807) is 13.8 Å². The highest BCUT2D eigenvalue weighted by atomic mass is 32.2. The van der Waals surface area contributed by atoms with Crippen molar-refractivity contribution >= 4 is 27.2 Å². The molecule has 2 N–H and O–H groups in total. The van der Waals surface area contributed by atoms with Crippen molar-refractivity contribution in [1.29, 1.82) is 0 Å². The van der Waals surface area contributed by atoms with E-state index in [9.17, 15) is 8.42 Å². The zero-order valence-corrected chi connectivity index (χ0v) is 13.2. The quantitative estimate of drug-likeness (QED) is 0.508. The van der Waals surface area contributed by atoms with Crippen LogP contribution in [-0.4, -0.2) is 50.8 Å². The fourth-order valence-electron chi connectivity index (χ4n) is 1.01. The first-order chi connectivity index (χ1) is 8.20. The van der Waals surface area contributed by atoms with Crippen LogP contribution in [-0.2, 0) is 14.6 Å². The van der Waals surface area contributed by atoms with Gasteiger partial charge < -0.3 is 15.4 Å². The first-order valence-electron chi connectivity index (χ1n) is 5.99. The Morgan fingerprint density at radius 2 is 1.94 bits per heavy atom. The Hall–Kier alpha value is -0.400. The molecule has 0 aliphatic heterocycles. The smallest absolute Gasteiger partial charge is 0.166 e. The summed E-state index contributed by atoms with van der Waals surface area (Å²) in [6, 6.07) is 0. The molecule has 0 atom stereocenters. The highest BCUT2D eigenvalue weighted by molar-refractivity contribution is 7.92. The summed E-state index contributed by atoms with van der Waals surface area (Å²) >= 11 is 5.07. The minimum atomic E-state index is -3.10. The topological polar surface area (TPSA) is 67.4 Å². The summed E-state index contributed by atoms with van der Waals surface area (Å²) in [4.78, 5) is 0. The molecule has 0 saturated carbocycles. The molecule has 7 heteroatoms. The van der Waals surface area contributed by atoms with Crippen molar-refractivity contribution in [3.05, 3.63) is 0 Å². The Kier molecular flexibility index (Phi) is 7.73. The second-order valence-corrected chi connectivity index (χ2v) is 7.75. The van der Waals surface area contributed by atoms with Crippen molar-refractivity contribution in [1.82, 2.24) is 10.6 Å². The molecule has 0 saturated heterocycles. The lowest BCUT2D eigenvalue weighted by atomic mass is 10.2. The van der Waals surface area contributed by atoms with Crippen LogP contribution in [0.2, 0.25) is 0 Å². The average molecular weight is 296 g/mol. The third-order valence-electron chi connectivity index (χ3n) is 2.63. The molecule has 0 aliphatic rings. The summed E-state index contributed by atoms with van der Waals surface area (Å²) < 4.78 is 27.3. The van der Waals surface area contributed by atoms with Gasteiger partial charge in [-0.15, -0.1) is 0 Å². The molecule has 0 heterocycles. The molecular formula is C11H24N2O3S2. The van der Waals surface area contributed by atoms with Crippen molar-refractivity contribution < 1.29 is 13.2 Å². The Labute approximate surface area is 116 Å². The number of hydrogen-bond donors (Lipinski definition) is 2. The van der Waals surface area contributed by atoms with Gasteiger partial charge in [-0.3, -0.25) is 0 Å². The molecule has 0 aliphatic carbocycles. The van der Waals surface area contributed by atoms with Gasteiger partial charge in [0.05, 0.1) is 4.75 Å². The second-order valence-electron chi connectivity index (χ2n) is 4.69. The van der Waals surface area contributed by atoms with Crippen LogP contribution in [0, 0.1) is 0 Å². The summed E-state index contributed by atoms with van der Waals surface area (Å²) in [6.45, 7) is 7.72. The minimum absolute atomic E-state index is 0.295. The van der Waals surface area contributed by atoms with Crippen LogP contribution in [0.1, 0.15) is 27.2 Å². The van der Waals surface area contributed by atoms with Gasteiger partial charge in [-0.2, -0.15) is 0 Å². The van der Waals surface area contributed by atoms with E-state index in [0.717, 1.165) is 6.42 Å². The molecule has 0 radical (unpaired) electrons. The van der Waals surface area contributed by atoms with Crippen LogP contribution in [0.25, 0.3) is 0 Å². The number of rotatable bonds is 8. The van der Waals surface area contributed by atoms with Gasteiger partial charge in [0.15, 0.2) is 14.9 Å². The van der Waals surface area contributed by atoms with Gasteiger partial charge in [-0.05, 0) is 39.4 Å². The van der Waals surface area contributed by atoms with Crippen molar-refractivity contribution in [2.24, 2.45) is 0 Å². The summed E-state index contributed by atoms with van der Waals surface area (Å²) in [7, 11) is -3.10. The molecule has 5 nitrogen and oxygen atoms in total. The number of hydrogen-bond acceptors (Lipinski definition) is 4. The van der Waals surface area contributed by atoms with E-state index in [4.69, 9.17) is 17.0 Å². The number of thiocarbonyl (C=S) groups is 1. The van der Waals surface area contributed by atoms with Crippen LogP contribution >= 0.6 is 12.2 Å². The van der Waals surface area contributed by atoms with Gasteiger partial charge in [-0.25, -0.2) is 8.42 Å². The Bertz CT molecular complexity index is 353. The zero-order valence-electron chi connectivity index (χ0n) is 11.6. The second kappa shape index (κ2) is 7.91. The van der Waals surface area contributed by atoms with Gasteiger partial charge >= 0.3 is 0 Å². The van der Waals surface area contributed by atoms with Gasteiger partial charge in [0.25, 0.3) is 0 Å². The maximum atomic E-state index is 11.5. The van der Waals surface area contributed by atoms with Gasteiger partial charge in [0.2, 0.25) is 0 Å². The fraction of sp³-hybridized carbons (Fsp3) is 0.909. The SMILES string of the molecule is CCOCCCNC(=S)NCC(C)(C)S(C)(=O)=O. The minimum Gasteiger partial charge on any atom is -0.382 e. The summed E-state index contributed by atoms with van der Waals surface area (Å²) in [5.74, 6) is 0. The van der Waals surface area contributed by atoms with Crippen molar-refractivity contribution in [3.8, 4) is 0 Å². The van der Waals surface area contributed by atoms with E-state index in [-0.39, 0.29) is 0 Å². The van der Waals surface area contributed by atoms with Gasteiger partial charge in [0, 0.05) is 32.6 Å². The third kappa shape index (κ3) is 7.13. The van der Waals surface area contributed by atoms with Crippen LogP contribution in [0.15, 0.2) is 0 Å². The van der Waals surface area contributed by atoms with Crippen LogP contribution in [0.5, 0.6) is 0 Å². The van der Waals surface area contributed by atoms with Gasteiger partial charge in [-0.1, -0.05) is 0 Å². The Morgan fingerprint density at radius 3 is 2.44 bits per heavy atom. The Balaban J connectivity index is 3.84. The lowest BCUT2D eigenvalue weighted by molar-refractivity contribution is 0.145.